The fourth-order valence-electron chi connectivity index (χ4n) is 1.90. The minimum absolute atomic E-state index is 0.147. The molecule has 2 aromatic rings. The lowest BCUT2D eigenvalue weighted by Crippen LogP contribution is -2.07. The predicted octanol–water partition coefficient (Wildman–Crippen LogP) is 2.54. The quantitative estimate of drug-likeness (QED) is 0.674. The van der Waals surface area contributed by atoms with Crippen molar-refractivity contribution in [1.82, 2.24) is 9.97 Å². The van der Waals surface area contributed by atoms with E-state index in [1.807, 2.05) is 0 Å². The third kappa shape index (κ3) is 3.52. The summed E-state index contributed by atoms with van der Waals surface area (Å²) < 4.78 is 5.01. The molecule has 1 heterocycles. The lowest BCUT2D eigenvalue weighted by atomic mass is 9.99. The lowest BCUT2D eigenvalue weighted by molar-refractivity contribution is 0.0549. The molecule has 0 amide bonds. The number of aliphatic hydroxyl groups excluding tert-OH is 1. The number of hydrogen-bond donors (Lipinski definition) is 1. The van der Waals surface area contributed by atoms with Gasteiger partial charge in [0.15, 0.2) is 5.82 Å². The van der Waals surface area contributed by atoms with E-state index >= 15 is 0 Å². The van der Waals surface area contributed by atoms with Crippen LogP contribution in [-0.2, 0) is 4.74 Å². The van der Waals surface area contributed by atoms with Crippen LogP contribution in [0, 0.1) is 0 Å². The highest BCUT2D eigenvalue weighted by molar-refractivity contribution is 5.91. The third-order valence-electron chi connectivity index (χ3n) is 2.88. The van der Waals surface area contributed by atoms with Crippen LogP contribution < -0.4 is 0 Å². The van der Waals surface area contributed by atoms with Crippen molar-refractivity contribution in [2.75, 3.05) is 6.61 Å². The Labute approximate surface area is 122 Å². The molecule has 0 aliphatic heterocycles. The molecule has 0 fully saturated rings. The number of hydrogen-bond acceptors (Lipinski definition) is 5. The zero-order chi connectivity index (χ0) is 15.2. The highest BCUT2D eigenvalue weighted by atomic mass is 16.5. The van der Waals surface area contributed by atoms with Crippen LogP contribution in [0.4, 0.5) is 0 Å². The lowest BCUT2D eigenvalue weighted by Gasteiger charge is -2.12. The van der Waals surface area contributed by atoms with Gasteiger partial charge in [0.1, 0.15) is 6.61 Å². The van der Waals surface area contributed by atoms with Crippen LogP contribution in [0.15, 0.2) is 49.3 Å². The summed E-state index contributed by atoms with van der Waals surface area (Å²) in [5, 5.41) is 9.85. The van der Waals surface area contributed by atoms with Crippen molar-refractivity contribution in [3.63, 3.8) is 0 Å². The van der Waals surface area contributed by atoms with Crippen molar-refractivity contribution < 1.29 is 14.6 Å². The first-order chi connectivity index (χ1) is 10.1. The van der Waals surface area contributed by atoms with Gasteiger partial charge in [-0.1, -0.05) is 18.7 Å². The SMILES string of the molecule is C=CCOC(=O)c1ccc(C(C)O)c(-c2ncccn2)c1. The normalized spacial score (nSPS) is 11.7. The Morgan fingerprint density at radius 2 is 2.14 bits per heavy atom. The molecule has 0 aliphatic rings. The van der Waals surface area contributed by atoms with Crippen LogP contribution in [0.25, 0.3) is 11.4 Å². The minimum Gasteiger partial charge on any atom is -0.458 e. The monoisotopic (exact) mass is 284 g/mol. The number of benzene rings is 1. The molecular formula is C16H16N2O3. The molecular weight excluding hydrogens is 268 g/mol. The Morgan fingerprint density at radius 1 is 1.43 bits per heavy atom. The number of aromatic nitrogens is 2. The van der Waals surface area contributed by atoms with E-state index in [0.717, 1.165) is 0 Å². The summed E-state index contributed by atoms with van der Waals surface area (Å²) in [6.07, 6.45) is 4.03. The van der Waals surface area contributed by atoms with Crippen LogP contribution in [0.1, 0.15) is 28.9 Å². The summed E-state index contributed by atoms with van der Waals surface area (Å²) in [5.41, 5.74) is 1.64. The van der Waals surface area contributed by atoms with E-state index in [-0.39, 0.29) is 6.61 Å². The van der Waals surface area contributed by atoms with Gasteiger partial charge < -0.3 is 9.84 Å². The summed E-state index contributed by atoms with van der Waals surface area (Å²) in [6.45, 7) is 5.30. The van der Waals surface area contributed by atoms with Gasteiger partial charge in [0.05, 0.1) is 11.7 Å². The molecule has 0 bridgehead atoms. The van der Waals surface area contributed by atoms with Gasteiger partial charge in [-0.15, -0.1) is 0 Å². The van der Waals surface area contributed by atoms with Crippen molar-refractivity contribution in [3.8, 4) is 11.4 Å². The van der Waals surface area contributed by atoms with Crippen molar-refractivity contribution in [3.05, 3.63) is 60.4 Å². The van der Waals surface area contributed by atoms with E-state index in [9.17, 15) is 9.90 Å². The van der Waals surface area contributed by atoms with Crippen molar-refractivity contribution >= 4 is 5.97 Å². The van der Waals surface area contributed by atoms with Gasteiger partial charge in [-0.3, -0.25) is 0 Å². The number of ether oxygens (including phenoxy) is 1. The smallest absolute Gasteiger partial charge is 0.338 e. The molecule has 1 aromatic heterocycles. The highest BCUT2D eigenvalue weighted by Crippen LogP contribution is 2.27. The average Bonchev–Trinajstić information content (AvgIpc) is 2.52. The summed E-state index contributed by atoms with van der Waals surface area (Å²) in [5.74, 6) is -0.00371. The molecule has 108 valence electrons. The van der Waals surface area contributed by atoms with Crippen LogP contribution in [0.2, 0.25) is 0 Å². The highest BCUT2D eigenvalue weighted by Gasteiger charge is 2.16. The van der Waals surface area contributed by atoms with E-state index in [2.05, 4.69) is 16.5 Å². The number of carbonyl (C=O) groups excluding carboxylic acids is 1. The molecule has 1 N–H and O–H groups in total. The first-order valence-electron chi connectivity index (χ1n) is 6.51. The van der Waals surface area contributed by atoms with Crippen molar-refractivity contribution in [1.29, 1.82) is 0 Å². The van der Waals surface area contributed by atoms with Gasteiger partial charge in [-0.2, -0.15) is 0 Å². The van der Waals surface area contributed by atoms with Crippen LogP contribution in [-0.4, -0.2) is 27.7 Å². The van der Waals surface area contributed by atoms with E-state index < -0.39 is 12.1 Å². The van der Waals surface area contributed by atoms with Gasteiger partial charge in [-0.05, 0) is 30.7 Å². The number of aliphatic hydroxyl groups is 1. The summed E-state index contributed by atoms with van der Waals surface area (Å²) in [7, 11) is 0. The molecule has 1 aromatic carbocycles. The second-order valence-electron chi connectivity index (χ2n) is 4.44. The van der Waals surface area contributed by atoms with Crippen LogP contribution >= 0.6 is 0 Å². The maximum absolute atomic E-state index is 11.9. The average molecular weight is 284 g/mol. The summed E-state index contributed by atoms with van der Waals surface area (Å²) in [4.78, 5) is 20.2. The van der Waals surface area contributed by atoms with Gasteiger partial charge in [0, 0.05) is 18.0 Å². The zero-order valence-corrected chi connectivity index (χ0v) is 11.7. The predicted molar refractivity (Wildman–Crippen MR) is 78.6 cm³/mol. The second-order valence-corrected chi connectivity index (χ2v) is 4.44. The molecule has 0 radical (unpaired) electrons. The first kappa shape index (κ1) is 14.9. The van der Waals surface area contributed by atoms with Crippen LogP contribution in [0.5, 0.6) is 0 Å². The Balaban J connectivity index is 2.45. The first-order valence-corrected chi connectivity index (χ1v) is 6.51. The maximum atomic E-state index is 11.9. The van der Waals surface area contributed by atoms with E-state index in [1.165, 1.54) is 6.08 Å². The topological polar surface area (TPSA) is 72.3 Å². The molecule has 0 spiro atoms. The Hall–Kier alpha value is -2.53. The Morgan fingerprint density at radius 3 is 2.76 bits per heavy atom. The fraction of sp³-hybridized carbons (Fsp3) is 0.188. The standard InChI is InChI=1S/C16H16N2O3/c1-3-9-21-16(20)12-5-6-13(11(2)19)14(10-12)15-17-7-4-8-18-15/h3-8,10-11,19H,1,9H2,2H3. The van der Waals surface area contributed by atoms with Gasteiger partial charge >= 0.3 is 5.97 Å². The van der Waals surface area contributed by atoms with Gasteiger partial charge in [0.2, 0.25) is 0 Å². The maximum Gasteiger partial charge on any atom is 0.338 e. The molecule has 1 unspecified atom stereocenters. The number of carbonyl (C=O) groups is 1. The molecule has 0 saturated carbocycles. The molecule has 5 nitrogen and oxygen atoms in total. The van der Waals surface area contributed by atoms with Crippen molar-refractivity contribution in [2.45, 2.75) is 13.0 Å². The van der Waals surface area contributed by atoms with Crippen molar-refractivity contribution in [2.24, 2.45) is 0 Å². The largest absolute Gasteiger partial charge is 0.458 e. The van der Waals surface area contributed by atoms with Gasteiger partial charge in [0.25, 0.3) is 0 Å². The third-order valence-corrected chi connectivity index (χ3v) is 2.88. The number of rotatable bonds is 5. The molecule has 2 rings (SSSR count). The van der Waals surface area contributed by atoms with Gasteiger partial charge in [-0.25, -0.2) is 14.8 Å². The fourth-order valence-corrected chi connectivity index (χ4v) is 1.90. The summed E-state index contributed by atoms with van der Waals surface area (Å²) in [6, 6.07) is 6.62. The van der Waals surface area contributed by atoms with Crippen LogP contribution in [0.3, 0.4) is 0 Å². The van der Waals surface area contributed by atoms with E-state index in [0.29, 0.717) is 22.5 Å². The summed E-state index contributed by atoms with van der Waals surface area (Å²) >= 11 is 0. The second kappa shape index (κ2) is 6.76. The zero-order valence-electron chi connectivity index (χ0n) is 11.7. The Kier molecular flexibility index (Phi) is 4.79. The van der Waals surface area contributed by atoms with E-state index in [1.54, 1.807) is 43.6 Å². The Bertz CT molecular complexity index is 639. The molecule has 1 atom stereocenters. The molecule has 21 heavy (non-hydrogen) atoms. The molecule has 5 heteroatoms. The number of nitrogens with zero attached hydrogens (tertiary/aromatic N) is 2. The molecule has 0 saturated heterocycles. The molecule has 0 aliphatic carbocycles. The van der Waals surface area contributed by atoms with E-state index in [4.69, 9.17) is 4.74 Å². The minimum atomic E-state index is -0.693. The number of esters is 1.